The number of hydrogen-bond donors (Lipinski definition) is 1. The van der Waals surface area contributed by atoms with Crippen LogP contribution in [0, 0.1) is 0 Å². The lowest BCUT2D eigenvalue weighted by Gasteiger charge is -2.20. The van der Waals surface area contributed by atoms with Crippen molar-refractivity contribution in [2.45, 2.75) is 58.9 Å². The van der Waals surface area contributed by atoms with Gasteiger partial charge in [0.1, 0.15) is 22.7 Å². The van der Waals surface area contributed by atoms with Gasteiger partial charge in [-0.2, -0.15) is 4.79 Å². The number of carbonyl (C=O) groups is 1. The number of halogens is 1. The zero-order chi connectivity index (χ0) is 28.2. The highest BCUT2D eigenvalue weighted by atomic mass is 35.5. The van der Waals surface area contributed by atoms with E-state index in [2.05, 4.69) is 24.8 Å². The average Bonchev–Trinajstić information content (AvgIpc) is 2.96. The molecular weight excluding hydrogens is 540 g/mol. The van der Waals surface area contributed by atoms with E-state index >= 15 is 0 Å². The molecule has 4 aromatic rings. The fourth-order valence-corrected chi connectivity index (χ4v) is 4.79. The topological polar surface area (TPSA) is 85.6 Å². The smallest absolute Gasteiger partial charge is 0.518 e. The molecule has 0 aliphatic heterocycles. The third-order valence-corrected chi connectivity index (χ3v) is 7.03. The Hall–Kier alpha value is -3.39. The second-order valence-corrected chi connectivity index (χ2v) is 10.1. The van der Waals surface area contributed by atoms with Crippen LogP contribution in [0.25, 0.3) is 21.9 Å². The van der Waals surface area contributed by atoms with Crippen molar-refractivity contribution in [3.8, 4) is 11.5 Å². The molecule has 1 heterocycles. The summed E-state index contributed by atoms with van der Waals surface area (Å²) in [6, 6.07) is 20.4. The second kappa shape index (κ2) is 16.8. The number of nitrogens with zero attached hydrogens (tertiary/aromatic N) is 1. The first kappa shape index (κ1) is 32.1. The molecule has 0 radical (unpaired) electrons. The van der Waals surface area contributed by atoms with E-state index in [-0.39, 0.29) is 23.9 Å². The molecule has 41 heavy (non-hydrogen) atoms. The molecule has 220 valence electrons. The van der Waals surface area contributed by atoms with Crippen molar-refractivity contribution >= 4 is 28.0 Å². The Kier molecular flexibility index (Phi) is 13.1. The Bertz CT molecular complexity index is 1450. The molecule has 7 nitrogen and oxygen atoms in total. The van der Waals surface area contributed by atoms with Gasteiger partial charge in [0.25, 0.3) is 0 Å². The third-order valence-electron chi connectivity index (χ3n) is 7.03. The zero-order valence-electron chi connectivity index (χ0n) is 24.1. The van der Waals surface area contributed by atoms with Crippen molar-refractivity contribution in [1.82, 2.24) is 4.90 Å². The number of fused-ring (bicyclic) bond motifs is 2. The van der Waals surface area contributed by atoms with E-state index in [9.17, 15) is 9.59 Å². The Morgan fingerprint density at radius 3 is 2.49 bits per heavy atom. The van der Waals surface area contributed by atoms with Crippen molar-refractivity contribution in [2.24, 2.45) is 0 Å². The number of benzene rings is 3. The number of unbranched alkanes of at least 4 members (excludes halogenated alkanes) is 4. The van der Waals surface area contributed by atoms with Gasteiger partial charge in [-0.3, -0.25) is 9.69 Å². The van der Waals surface area contributed by atoms with Crippen LogP contribution >= 0.6 is 0 Å². The van der Waals surface area contributed by atoms with Gasteiger partial charge < -0.3 is 26.3 Å². The highest BCUT2D eigenvalue weighted by Crippen LogP contribution is 2.23. The van der Waals surface area contributed by atoms with E-state index < -0.39 is 0 Å². The largest absolute Gasteiger partial charge is 1.00 e. The van der Waals surface area contributed by atoms with Gasteiger partial charge in [-0.05, 0) is 67.8 Å². The molecule has 0 aliphatic rings. The van der Waals surface area contributed by atoms with Crippen molar-refractivity contribution in [1.29, 1.82) is 0 Å². The van der Waals surface area contributed by atoms with Crippen LogP contribution in [-0.2, 0) is 6.54 Å². The van der Waals surface area contributed by atoms with Crippen LogP contribution in [0.4, 0.5) is 4.79 Å². The fraction of sp³-hybridized carbons (Fsp3) is 0.394. The van der Waals surface area contributed by atoms with E-state index in [1.807, 2.05) is 36.4 Å². The number of amides is 1. The van der Waals surface area contributed by atoms with Crippen molar-refractivity contribution in [2.75, 3.05) is 26.2 Å². The number of ether oxygens (including phenoxy) is 2. The Balaban J connectivity index is 0.00000462. The molecule has 1 aromatic heterocycles. The maximum Gasteiger partial charge on any atom is 0.518 e. The highest BCUT2D eigenvalue weighted by molar-refractivity contribution is 5.90. The standard InChI is InChI=1S/C33H40N2O5.ClH/c1-3-5-6-7-10-19-34-33(37)39-27-14-11-13-25(22-27)24-35(4-2)20-12-21-38-26-17-18-29-31(23-26)40-30-16-9-8-15-28(30)32(29)36;/h8-9,11,13-18,22-23H,3-7,10,12,19-21,24H2,1-2H3,(H,34,37);1H. The van der Waals surface area contributed by atoms with E-state index in [0.717, 1.165) is 51.0 Å². The number of hydrogen-bond acceptors (Lipinski definition) is 6. The molecule has 0 aliphatic carbocycles. The molecule has 0 fully saturated rings. The summed E-state index contributed by atoms with van der Waals surface area (Å²) in [5, 5.41) is 2.79. The number of nitrogens with two attached hydrogens (primary N) is 1. The summed E-state index contributed by atoms with van der Waals surface area (Å²) >= 11 is 0. The molecule has 0 unspecified atom stereocenters. The number of carbonyl (C=O) groups excluding carboxylic acids is 1. The summed E-state index contributed by atoms with van der Waals surface area (Å²) in [4.78, 5) is 27.3. The van der Waals surface area contributed by atoms with E-state index in [1.165, 1.54) is 19.3 Å². The summed E-state index contributed by atoms with van der Waals surface area (Å²) in [6.07, 6.45) is 6.44. The Morgan fingerprint density at radius 2 is 1.66 bits per heavy atom. The van der Waals surface area contributed by atoms with Gasteiger partial charge in [0.05, 0.1) is 23.9 Å². The number of primary amides is 1. The molecule has 0 atom stereocenters. The first-order valence-electron chi connectivity index (χ1n) is 14.5. The summed E-state index contributed by atoms with van der Waals surface area (Å²) in [5.74, 6) is 1.26. The molecule has 0 saturated heterocycles. The maximum absolute atomic E-state index is 12.7. The van der Waals surface area contributed by atoms with Gasteiger partial charge >= 0.3 is 6.09 Å². The van der Waals surface area contributed by atoms with Gasteiger partial charge in [-0.15, -0.1) is 0 Å². The summed E-state index contributed by atoms with van der Waals surface area (Å²) in [6.45, 7) is 8.16. The Labute approximate surface area is 248 Å². The van der Waals surface area contributed by atoms with Crippen LogP contribution in [0.2, 0.25) is 0 Å². The van der Waals surface area contributed by atoms with Crippen LogP contribution < -0.4 is 32.6 Å². The number of rotatable bonds is 15. The number of para-hydroxylation sites is 1. The van der Waals surface area contributed by atoms with Gasteiger partial charge in [0, 0.05) is 19.2 Å². The summed E-state index contributed by atoms with van der Waals surface area (Å²) in [5.41, 5.74) is 2.17. The second-order valence-electron chi connectivity index (χ2n) is 10.1. The molecular formula is C33H41ClN2O5. The summed E-state index contributed by atoms with van der Waals surface area (Å²) in [7, 11) is 0. The van der Waals surface area contributed by atoms with E-state index in [0.29, 0.717) is 40.0 Å². The molecule has 2 N–H and O–H groups in total. The molecule has 0 bridgehead atoms. The van der Waals surface area contributed by atoms with E-state index in [1.54, 1.807) is 29.6 Å². The lowest BCUT2D eigenvalue weighted by molar-refractivity contribution is -0.566. The number of quaternary nitrogens is 1. The van der Waals surface area contributed by atoms with Crippen molar-refractivity contribution in [3.05, 3.63) is 82.5 Å². The predicted molar refractivity (Wildman–Crippen MR) is 159 cm³/mol. The van der Waals surface area contributed by atoms with Crippen molar-refractivity contribution in [3.63, 3.8) is 0 Å². The minimum atomic E-state index is -0.279. The first-order valence-corrected chi connectivity index (χ1v) is 14.5. The van der Waals surface area contributed by atoms with Crippen molar-refractivity contribution < 1.29 is 36.4 Å². The van der Waals surface area contributed by atoms with Crippen LogP contribution in [0.5, 0.6) is 11.5 Å². The molecule has 0 saturated carbocycles. The van der Waals surface area contributed by atoms with Gasteiger partial charge in [0.15, 0.2) is 0 Å². The SMILES string of the molecule is CCCCCCC[NH2+]C(=O)Oc1cccc(CN(CC)CCCOc2ccc3c(=O)c4ccccc4oc3c2)c1.[Cl-]. The quantitative estimate of drug-likeness (QED) is 0.172. The Morgan fingerprint density at radius 1 is 0.854 bits per heavy atom. The van der Waals surface area contributed by atoms with Crippen LogP contribution in [0.15, 0.2) is 75.9 Å². The minimum Gasteiger partial charge on any atom is -1.00 e. The first-order chi connectivity index (χ1) is 19.6. The molecule has 0 spiro atoms. The lowest BCUT2D eigenvalue weighted by Crippen LogP contribution is -3.00. The van der Waals surface area contributed by atoms with Crippen LogP contribution in [-0.4, -0.2) is 37.2 Å². The minimum absolute atomic E-state index is 0. The van der Waals surface area contributed by atoms with Crippen LogP contribution in [0.3, 0.4) is 0 Å². The van der Waals surface area contributed by atoms with Gasteiger partial charge in [-0.25, -0.2) is 5.32 Å². The highest BCUT2D eigenvalue weighted by Gasteiger charge is 2.11. The molecule has 4 rings (SSSR count). The summed E-state index contributed by atoms with van der Waals surface area (Å²) < 4.78 is 17.5. The monoisotopic (exact) mass is 580 g/mol. The maximum atomic E-state index is 12.7. The molecule has 1 amide bonds. The molecule has 8 heteroatoms. The molecule has 3 aromatic carbocycles. The zero-order valence-corrected chi connectivity index (χ0v) is 24.8. The normalized spacial score (nSPS) is 11.1. The van der Waals surface area contributed by atoms with E-state index in [4.69, 9.17) is 13.9 Å². The predicted octanol–water partition coefficient (Wildman–Crippen LogP) is 3.27. The van der Waals surface area contributed by atoms with Gasteiger partial charge in [0.2, 0.25) is 5.43 Å². The average molecular weight is 581 g/mol. The third kappa shape index (κ3) is 9.59. The lowest BCUT2D eigenvalue weighted by atomic mass is 10.1. The van der Waals surface area contributed by atoms with Crippen LogP contribution in [0.1, 0.15) is 57.9 Å². The van der Waals surface area contributed by atoms with Gasteiger partial charge in [-0.1, -0.05) is 57.4 Å². The fourth-order valence-electron chi connectivity index (χ4n) is 4.79.